The van der Waals surface area contributed by atoms with Crippen molar-refractivity contribution in [3.05, 3.63) is 66.4 Å². The first-order chi connectivity index (χ1) is 16.0. The Morgan fingerprint density at radius 2 is 1.82 bits per heavy atom. The van der Waals surface area contributed by atoms with E-state index in [1.165, 1.54) is 6.20 Å². The summed E-state index contributed by atoms with van der Waals surface area (Å²) in [5.74, 6) is -0.106. The number of aromatic nitrogens is 2. The first-order valence-electron chi connectivity index (χ1n) is 10.1. The number of nitrogens with zero attached hydrogens (tertiary/aromatic N) is 3. The molecular weight excluding hydrogens is 444 g/mol. The van der Waals surface area contributed by atoms with E-state index in [-0.39, 0.29) is 41.4 Å². The second-order valence-corrected chi connectivity index (χ2v) is 8.13. The largest absolute Gasteiger partial charge is 0.462 e. The van der Waals surface area contributed by atoms with Gasteiger partial charge in [0.2, 0.25) is 11.8 Å². The lowest BCUT2D eigenvalue weighted by molar-refractivity contribution is -0.121. The van der Waals surface area contributed by atoms with Crippen LogP contribution in [-0.2, 0) is 14.3 Å². The molecule has 1 aromatic heterocycles. The number of rotatable bonds is 7. The van der Waals surface area contributed by atoms with E-state index in [9.17, 15) is 14.4 Å². The van der Waals surface area contributed by atoms with Crippen molar-refractivity contribution < 1.29 is 23.9 Å². The molecule has 4 rings (SSSR count). The summed E-state index contributed by atoms with van der Waals surface area (Å²) < 4.78 is 10.6. The van der Waals surface area contributed by atoms with Crippen LogP contribution in [0.2, 0.25) is 0 Å². The number of esters is 1. The lowest BCUT2D eigenvalue weighted by Gasteiger charge is -2.15. The third kappa shape index (κ3) is 4.96. The molecule has 0 bridgehead atoms. The number of nitrogen functional groups attached to an aromatic ring is 1. The van der Waals surface area contributed by atoms with Crippen LogP contribution in [-0.4, -0.2) is 39.6 Å². The number of imide groups is 1. The average Bonchev–Trinajstić information content (AvgIpc) is 3.08. The summed E-state index contributed by atoms with van der Waals surface area (Å²) in [6.45, 7) is 1.88. The number of hydrogen-bond acceptors (Lipinski definition) is 9. The van der Waals surface area contributed by atoms with E-state index in [0.717, 1.165) is 16.7 Å². The number of ether oxygens (including phenoxy) is 2. The van der Waals surface area contributed by atoms with Crippen molar-refractivity contribution in [2.24, 2.45) is 0 Å². The third-order valence-electron chi connectivity index (χ3n) is 4.72. The lowest BCUT2D eigenvalue weighted by Crippen LogP contribution is -2.31. The minimum absolute atomic E-state index is 0.00530. The minimum Gasteiger partial charge on any atom is -0.462 e. The molecule has 1 fully saturated rings. The highest BCUT2D eigenvalue weighted by atomic mass is 32.2. The van der Waals surface area contributed by atoms with Gasteiger partial charge in [0.05, 0.1) is 12.3 Å². The average molecular weight is 465 g/mol. The van der Waals surface area contributed by atoms with Gasteiger partial charge in [0.1, 0.15) is 28.1 Å². The van der Waals surface area contributed by atoms with E-state index in [1.54, 1.807) is 31.2 Å². The Balaban J connectivity index is 1.44. The fourth-order valence-corrected chi connectivity index (χ4v) is 4.13. The molecule has 1 aliphatic heterocycles. The first-order valence-corrected chi connectivity index (χ1v) is 11.0. The van der Waals surface area contributed by atoms with E-state index in [1.807, 2.05) is 30.3 Å². The Hall–Kier alpha value is -3.92. The van der Waals surface area contributed by atoms with Gasteiger partial charge in [-0.1, -0.05) is 30.0 Å². The van der Waals surface area contributed by atoms with Crippen molar-refractivity contribution in [2.75, 3.05) is 17.2 Å². The SMILES string of the molecule is CCOC(=O)c1cnc(SC2CC(=O)N(c3ccc(Oc4ccccc4)cc3)C2=O)nc1N. The Bertz CT molecular complexity index is 1190. The molecule has 2 amide bonds. The summed E-state index contributed by atoms with van der Waals surface area (Å²) in [4.78, 5) is 46.7. The number of carbonyl (C=O) groups excluding carboxylic acids is 3. The number of anilines is 2. The fourth-order valence-electron chi connectivity index (χ4n) is 3.18. The maximum atomic E-state index is 12.9. The molecule has 0 aliphatic carbocycles. The molecule has 0 spiro atoms. The van der Waals surface area contributed by atoms with Crippen LogP contribution in [0.25, 0.3) is 0 Å². The summed E-state index contributed by atoms with van der Waals surface area (Å²) in [6.07, 6.45) is 1.25. The van der Waals surface area contributed by atoms with Crippen molar-refractivity contribution in [3.63, 3.8) is 0 Å². The molecule has 2 heterocycles. The Morgan fingerprint density at radius 1 is 1.12 bits per heavy atom. The standard InChI is InChI=1S/C23H20N4O5S/c1-2-31-22(30)17-13-25-23(26-20(17)24)33-18-12-19(28)27(21(18)29)14-8-10-16(11-9-14)32-15-6-4-3-5-7-15/h3-11,13,18H,2,12H2,1H3,(H2,24,25,26). The van der Waals surface area contributed by atoms with Crippen LogP contribution in [0.4, 0.5) is 11.5 Å². The van der Waals surface area contributed by atoms with E-state index in [0.29, 0.717) is 17.2 Å². The molecule has 1 saturated heterocycles. The van der Waals surface area contributed by atoms with Gasteiger partial charge in [0.25, 0.3) is 0 Å². The zero-order chi connectivity index (χ0) is 23.4. The van der Waals surface area contributed by atoms with Gasteiger partial charge >= 0.3 is 5.97 Å². The van der Waals surface area contributed by atoms with Gasteiger partial charge < -0.3 is 15.2 Å². The van der Waals surface area contributed by atoms with Crippen molar-refractivity contribution in [1.29, 1.82) is 0 Å². The van der Waals surface area contributed by atoms with Crippen LogP contribution in [0.1, 0.15) is 23.7 Å². The predicted molar refractivity (Wildman–Crippen MR) is 122 cm³/mol. The van der Waals surface area contributed by atoms with Crippen LogP contribution in [0, 0.1) is 0 Å². The topological polar surface area (TPSA) is 125 Å². The lowest BCUT2D eigenvalue weighted by atomic mass is 10.2. The van der Waals surface area contributed by atoms with Crippen LogP contribution in [0.3, 0.4) is 0 Å². The molecule has 2 N–H and O–H groups in total. The Morgan fingerprint density at radius 3 is 2.48 bits per heavy atom. The molecular formula is C23H20N4O5S. The minimum atomic E-state index is -0.703. The van der Waals surface area contributed by atoms with Crippen LogP contribution < -0.4 is 15.4 Å². The summed E-state index contributed by atoms with van der Waals surface area (Å²) >= 11 is 1.02. The number of para-hydroxylation sites is 1. The molecule has 0 radical (unpaired) electrons. The van der Waals surface area contributed by atoms with E-state index < -0.39 is 11.2 Å². The van der Waals surface area contributed by atoms with Crippen LogP contribution >= 0.6 is 11.8 Å². The number of thioether (sulfide) groups is 1. The first kappa shape index (κ1) is 22.3. The summed E-state index contributed by atoms with van der Waals surface area (Å²) in [5, 5.41) is -0.509. The van der Waals surface area contributed by atoms with Gasteiger partial charge in [0, 0.05) is 12.6 Å². The number of carbonyl (C=O) groups is 3. The van der Waals surface area contributed by atoms with Crippen molar-refractivity contribution in [3.8, 4) is 11.5 Å². The van der Waals surface area contributed by atoms with Crippen LogP contribution in [0.5, 0.6) is 11.5 Å². The van der Waals surface area contributed by atoms with E-state index >= 15 is 0 Å². The summed E-state index contributed by atoms with van der Waals surface area (Å²) in [7, 11) is 0. The van der Waals surface area contributed by atoms with Crippen molar-refractivity contribution in [1.82, 2.24) is 9.97 Å². The highest BCUT2D eigenvalue weighted by Crippen LogP contribution is 2.34. The number of hydrogen-bond donors (Lipinski definition) is 1. The van der Waals surface area contributed by atoms with Gasteiger partial charge in [-0.25, -0.2) is 19.7 Å². The summed E-state index contributed by atoms with van der Waals surface area (Å²) in [5.41, 5.74) is 6.34. The van der Waals surface area contributed by atoms with E-state index in [2.05, 4.69) is 9.97 Å². The monoisotopic (exact) mass is 464 g/mol. The normalized spacial score (nSPS) is 15.5. The van der Waals surface area contributed by atoms with Gasteiger partial charge in [-0.2, -0.15) is 0 Å². The zero-order valence-corrected chi connectivity index (χ0v) is 18.5. The Labute approximate surface area is 193 Å². The predicted octanol–water partition coefficient (Wildman–Crippen LogP) is 3.45. The molecule has 10 heteroatoms. The smallest absolute Gasteiger partial charge is 0.343 e. The molecule has 33 heavy (non-hydrogen) atoms. The van der Waals surface area contributed by atoms with Crippen LogP contribution in [0.15, 0.2) is 66.0 Å². The molecule has 1 unspecified atom stereocenters. The quantitative estimate of drug-likeness (QED) is 0.318. The zero-order valence-electron chi connectivity index (χ0n) is 17.6. The highest BCUT2D eigenvalue weighted by molar-refractivity contribution is 8.00. The van der Waals surface area contributed by atoms with Crippen molar-refractivity contribution in [2.45, 2.75) is 23.8 Å². The number of nitrogens with two attached hydrogens (primary N) is 1. The van der Waals surface area contributed by atoms with Crippen molar-refractivity contribution >= 4 is 41.1 Å². The molecule has 2 aromatic carbocycles. The Kier molecular flexibility index (Phi) is 6.55. The maximum absolute atomic E-state index is 12.9. The van der Waals surface area contributed by atoms with Gasteiger partial charge in [-0.15, -0.1) is 0 Å². The maximum Gasteiger partial charge on any atom is 0.343 e. The third-order valence-corrected chi connectivity index (χ3v) is 5.78. The number of amides is 2. The molecule has 168 valence electrons. The number of benzene rings is 2. The molecule has 1 aliphatic rings. The van der Waals surface area contributed by atoms with Gasteiger partial charge in [-0.3, -0.25) is 9.59 Å². The van der Waals surface area contributed by atoms with Gasteiger partial charge in [0.15, 0.2) is 5.16 Å². The second kappa shape index (κ2) is 9.70. The molecule has 9 nitrogen and oxygen atoms in total. The highest BCUT2D eigenvalue weighted by Gasteiger charge is 2.40. The van der Waals surface area contributed by atoms with E-state index in [4.69, 9.17) is 15.2 Å². The molecule has 3 aromatic rings. The summed E-state index contributed by atoms with van der Waals surface area (Å²) in [6, 6.07) is 16.0. The molecule has 1 atom stereocenters. The van der Waals surface area contributed by atoms with Gasteiger partial charge in [-0.05, 0) is 43.3 Å². The molecule has 0 saturated carbocycles. The second-order valence-electron chi connectivity index (χ2n) is 6.96. The fraction of sp³-hybridized carbons (Fsp3) is 0.174.